The Hall–Kier alpha value is -2.47. The first kappa shape index (κ1) is 11.6. The van der Waals surface area contributed by atoms with Crippen LogP contribution in [0.1, 0.15) is 9.67 Å². The van der Waals surface area contributed by atoms with Gasteiger partial charge >= 0.3 is 5.97 Å². The SMILES string of the molecule is O=C(O)c1scnc1-n1cc(-c2ccccc2)cn1. The third kappa shape index (κ3) is 2.13. The Balaban J connectivity index is 2.02. The lowest BCUT2D eigenvalue weighted by Crippen LogP contribution is -2.03. The Morgan fingerprint density at radius 1 is 1.21 bits per heavy atom. The number of hydrogen-bond donors (Lipinski definition) is 1. The van der Waals surface area contributed by atoms with Crippen molar-refractivity contribution in [3.8, 4) is 16.9 Å². The lowest BCUT2D eigenvalue weighted by Gasteiger charge is -1.97. The highest BCUT2D eigenvalue weighted by atomic mass is 32.1. The highest BCUT2D eigenvalue weighted by Gasteiger charge is 2.16. The second-order valence-electron chi connectivity index (χ2n) is 3.85. The monoisotopic (exact) mass is 271 g/mol. The summed E-state index contributed by atoms with van der Waals surface area (Å²) in [4.78, 5) is 15.3. The van der Waals surface area contributed by atoms with Crippen LogP contribution in [-0.4, -0.2) is 25.8 Å². The van der Waals surface area contributed by atoms with Gasteiger partial charge in [-0.25, -0.2) is 14.5 Å². The van der Waals surface area contributed by atoms with Gasteiger partial charge in [-0.3, -0.25) is 0 Å². The minimum atomic E-state index is -0.991. The van der Waals surface area contributed by atoms with Crippen LogP contribution in [0.5, 0.6) is 0 Å². The maximum Gasteiger partial charge on any atom is 0.349 e. The number of carbonyl (C=O) groups is 1. The Morgan fingerprint density at radius 3 is 2.74 bits per heavy atom. The van der Waals surface area contributed by atoms with E-state index in [1.807, 2.05) is 30.3 Å². The number of aromatic carboxylic acids is 1. The van der Waals surface area contributed by atoms with Gasteiger partial charge in [0.1, 0.15) is 0 Å². The van der Waals surface area contributed by atoms with Crippen LogP contribution in [0.3, 0.4) is 0 Å². The maximum absolute atomic E-state index is 11.1. The van der Waals surface area contributed by atoms with Gasteiger partial charge < -0.3 is 5.11 Å². The van der Waals surface area contributed by atoms with E-state index in [1.165, 1.54) is 10.2 Å². The van der Waals surface area contributed by atoms with E-state index in [0.717, 1.165) is 22.5 Å². The second-order valence-corrected chi connectivity index (χ2v) is 4.70. The van der Waals surface area contributed by atoms with Crippen molar-refractivity contribution in [1.82, 2.24) is 14.8 Å². The van der Waals surface area contributed by atoms with E-state index in [4.69, 9.17) is 5.11 Å². The molecule has 0 aliphatic carbocycles. The number of carboxylic acids is 1. The number of aromatic nitrogens is 3. The summed E-state index contributed by atoms with van der Waals surface area (Å²) < 4.78 is 1.49. The average Bonchev–Trinajstić information content (AvgIpc) is 3.08. The zero-order valence-electron chi connectivity index (χ0n) is 9.72. The molecule has 0 atom stereocenters. The molecule has 1 aromatic carbocycles. The summed E-state index contributed by atoms with van der Waals surface area (Å²) >= 11 is 1.09. The summed E-state index contributed by atoms with van der Waals surface area (Å²) in [7, 11) is 0. The van der Waals surface area contributed by atoms with E-state index in [-0.39, 0.29) is 4.88 Å². The average molecular weight is 271 g/mol. The lowest BCUT2D eigenvalue weighted by atomic mass is 10.1. The van der Waals surface area contributed by atoms with Crippen LogP contribution < -0.4 is 0 Å². The van der Waals surface area contributed by atoms with Gasteiger partial charge in [0, 0.05) is 11.8 Å². The van der Waals surface area contributed by atoms with Crippen molar-refractivity contribution < 1.29 is 9.90 Å². The summed E-state index contributed by atoms with van der Waals surface area (Å²) in [6.45, 7) is 0. The Morgan fingerprint density at radius 2 is 2.00 bits per heavy atom. The van der Waals surface area contributed by atoms with Crippen LogP contribution in [0.4, 0.5) is 0 Å². The summed E-state index contributed by atoms with van der Waals surface area (Å²) in [6, 6.07) is 9.77. The van der Waals surface area contributed by atoms with Gasteiger partial charge in [-0.1, -0.05) is 30.3 Å². The molecule has 0 amide bonds. The molecule has 0 unspecified atom stereocenters. The van der Waals surface area contributed by atoms with Crippen LogP contribution in [0.25, 0.3) is 16.9 Å². The largest absolute Gasteiger partial charge is 0.477 e. The van der Waals surface area contributed by atoms with Crippen molar-refractivity contribution in [2.45, 2.75) is 0 Å². The van der Waals surface area contributed by atoms with Crippen LogP contribution in [-0.2, 0) is 0 Å². The molecule has 2 aromatic heterocycles. The van der Waals surface area contributed by atoms with Crippen LogP contribution in [0, 0.1) is 0 Å². The predicted molar refractivity (Wildman–Crippen MR) is 71.6 cm³/mol. The van der Waals surface area contributed by atoms with E-state index in [0.29, 0.717) is 5.82 Å². The van der Waals surface area contributed by atoms with E-state index in [9.17, 15) is 4.79 Å². The summed E-state index contributed by atoms with van der Waals surface area (Å²) in [6.07, 6.45) is 3.47. The minimum absolute atomic E-state index is 0.183. The minimum Gasteiger partial charge on any atom is -0.477 e. The third-order valence-electron chi connectivity index (χ3n) is 2.65. The molecule has 0 spiro atoms. The molecule has 1 N–H and O–H groups in total. The van der Waals surface area contributed by atoms with Crippen molar-refractivity contribution in [3.05, 3.63) is 53.1 Å². The molecule has 0 fully saturated rings. The molecule has 0 aliphatic heterocycles. The molecule has 0 saturated heterocycles. The van der Waals surface area contributed by atoms with Gasteiger partial charge in [0.05, 0.1) is 11.7 Å². The summed E-state index contributed by atoms with van der Waals surface area (Å²) in [5.41, 5.74) is 3.45. The molecular formula is C13H9N3O2S. The molecule has 3 aromatic rings. The second kappa shape index (κ2) is 4.66. The fourth-order valence-electron chi connectivity index (χ4n) is 1.77. The van der Waals surface area contributed by atoms with Gasteiger partial charge in [0.25, 0.3) is 0 Å². The molecule has 94 valence electrons. The molecule has 0 bridgehead atoms. The van der Waals surface area contributed by atoms with Crippen molar-refractivity contribution in [1.29, 1.82) is 0 Å². The molecule has 3 rings (SSSR count). The summed E-state index contributed by atoms with van der Waals surface area (Å²) in [5.74, 6) is -0.644. The van der Waals surface area contributed by atoms with Gasteiger partial charge in [0.2, 0.25) is 0 Å². The van der Waals surface area contributed by atoms with E-state index >= 15 is 0 Å². The zero-order valence-corrected chi connectivity index (χ0v) is 10.5. The number of benzene rings is 1. The zero-order chi connectivity index (χ0) is 13.2. The first-order valence-corrected chi connectivity index (χ1v) is 6.41. The van der Waals surface area contributed by atoms with Crippen molar-refractivity contribution >= 4 is 17.3 Å². The van der Waals surface area contributed by atoms with Gasteiger partial charge in [-0.05, 0) is 5.56 Å². The van der Waals surface area contributed by atoms with E-state index in [1.54, 1.807) is 12.4 Å². The van der Waals surface area contributed by atoms with Crippen LogP contribution in [0.15, 0.2) is 48.2 Å². The summed E-state index contributed by atoms with van der Waals surface area (Å²) in [5, 5.41) is 13.2. The number of thiazole rings is 1. The lowest BCUT2D eigenvalue weighted by molar-refractivity contribution is 0.0702. The smallest absolute Gasteiger partial charge is 0.349 e. The van der Waals surface area contributed by atoms with E-state index < -0.39 is 5.97 Å². The number of hydrogen-bond acceptors (Lipinski definition) is 4. The topological polar surface area (TPSA) is 68.0 Å². The first-order valence-electron chi connectivity index (χ1n) is 5.53. The molecule has 0 aliphatic rings. The maximum atomic E-state index is 11.1. The molecule has 6 heteroatoms. The third-order valence-corrected chi connectivity index (χ3v) is 3.45. The highest BCUT2D eigenvalue weighted by molar-refractivity contribution is 7.12. The molecular weight excluding hydrogens is 262 g/mol. The van der Waals surface area contributed by atoms with Crippen molar-refractivity contribution in [2.75, 3.05) is 0 Å². The molecule has 0 radical (unpaired) electrons. The molecule has 2 heterocycles. The van der Waals surface area contributed by atoms with Crippen LogP contribution in [0.2, 0.25) is 0 Å². The highest BCUT2D eigenvalue weighted by Crippen LogP contribution is 2.22. The standard InChI is InChI=1S/C13H9N3O2S/c17-13(18)11-12(14-8-19-11)16-7-10(6-15-16)9-4-2-1-3-5-9/h1-8H,(H,17,18). The first-order chi connectivity index (χ1) is 9.25. The van der Waals surface area contributed by atoms with Crippen LogP contribution >= 0.6 is 11.3 Å². The van der Waals surface area contributed by atoms with Gasteiger partial charge in [-0.15, -0.1) is 11.3 Å². The fourth-order valence-corrected chi connectivity index (χ4v) is 2.38. The predicted octanol–water partition coefficient (Wildman–Crippen LogP) is 2.69. The van der Waals surface area contributed by atoms with Crippen molar-refractivity contribution in [2.24, 2.45) is 0 Å². The van der Waals surface area contributed by atoms with Gasteiger partial charge in [0.15, 0.2) is 10.7 Å². The molecule has 19 heavy (non-hydrogen) atoms. The normalized spacial score (nSPS) is 10.5. The molecule has 0 saturated carbocycles. The number of rotatable bonds is 3. The quantitative estimate of drug-likeness (QED) is 0.795. The number of carboxylic acid groups (broad SMARTS) is 1. The Bertz CT molecular complexity index is 718. The fraction of sp³-hybridized carbons (Fsp3) is 0. The molecule has 5 nitrogen and oxygen atoms in total. The van der Waals surface area contributed by atoms with Crippen molar-refractivity contribution in [3.63, 3.8) is 0 Å². The van der Waals surface area contributed by atoms with Gasteiger partial charge in [-0.2, -0.15) is 5.10 Å². The Kier molecular flexibility index (Phi) is 2.85. The Labute approximate surface area is 112 Å². The number of nitrogens with zero attached hydrogens (tertiary/aromatic N) is 3. The van der Waals surface area contributed by atoms with E-state index in [2.05, 4.69) is 10.1 Å².